The van der Waals surface area contributed by atoms with Gasteiger partial charge in [-0.2, -0.15) is 0 Å². The quantitative estimate of drug-likeness (QED) is 0.846. The minimum absolute atomic E-state index is 0.000197. The van der Waals surface area contributed by atoms with Crippen LogP contribution in [0.2, 0.25) is 0 Å². The third-order valence-electron chi connectivity index (χ3n) is 7.04. The Kier molecular flexibility index (Phi) is 5.11. The number of benzene rings is 1. The lowest BCUT2D eigenvalue weighted by molar-refractivity contribution is -0.127. The Morgan fingerprint density at radius 3 is 2.22 bits per heavy atom. The van der Waals surface area contributed by atoms with Crippen LogP contribution in [-0.2, 0) is 4.79 Å². The fourth-order valence-electron chi connectivity index (χ4n) is 5.42. The summed E-state index contributed by atoms with van der Waals surface area (Å²) < 4.78 is 0. The van der Waals surface area contributed by atoms with Crippen molar-refractivity contribution in [1.82, 2.24) is 10.2 Å². The van der Waals surface area contributed by atoms with Crippen molar-refractivity contribution in [1.29, 1.82) is 0 Å². The Balaban J connectivity index is 2.24. The van der Waals surface area contributed by atoms with Gasteiger partial charge in [-0.05, 0) is 57.2 Å². The smallest absolute Gasteiger partial charge is 0.237 e. The standard InChI is InChI=1S/C24H34N2O/c1-14-9-16(3)21(17(4)10-14)22(23-25-13-20(27)26(23)8)24(7)18(5)11-15(2)12-19(24)6/h9-12,18,22-23,25H,13H2,1-8H3/t18?,22-,23?,24?/m1/s1. The van der Waals surface area contributed by atoms with Gasteiger partial charge in [0.2, 0.25) is 5.91 Å². The van der Waals surface area contributed by atoms with Crippen molar-refractivity contribution >= 4 is 5.91 Å². The predicted molar refractivity (Wildman–Crippen MR) is 113 cm³/mol. The van der Waals surface area contributed by atoms with Crippen LogP contribution in [0.4, 0.5) is 0 Å². The second-order valence-electron chi connectivity index (χ2n) is 8.93. The molecule has 4 atom stereocenters. The summed E-state index contributed by atoms with van der Waals surface area (Å²) in [6.07, 6.45) is 4.71. The molecule has 1 aromatic carbocycles. The predicted octanol–water partition coefficient (Wildman–Crippen LogP) is 4.63. The minimum Gasteiger partial charge on any atom is -0.328 e. The lowest BCUT2D eigenvalue weighted by Crippen LogP contribution is -2.49. The van der Waals surface area contributed by atoms with Crippen molar-refractivity contribution in [3.63, 3.8) is 0 Å². The number of hydrogen-bond acceptors (Lipinski definition) is 2. The number of hydrogen-bond donors (Lipinski definition) is 1. The molecule has 3 rings (SSSR count). The molecule has 0 radical (unpaired) electrons. The molecule has 1 saturated heterocycles. The number of carbonyl (C=O) groups excluding carboxylic acids is 1. The molecule has 1 heterocycles. The normalized spacial score (nSPS) is 29.6. The van der Waals surface area contributed by atoms with Crippen molar-refractivity contribution in [2.75, 3.05) is 13.6 Å². The molecule has 1 fully saturated rings. The molecule has 2 aliphatic rings. The molecule has 146 valence electrons. The Labute approximate surface area is 164 Å². The zero-order valence-corrected chi connectivity index (χ0v) is 18.1. The summed E-state index contributed by atoms with van der Waals surface area (Å²) >= 11 is 0. The van der Waals surface area contributed by atoms with Crippen LogP contribution >= 0.6 is 0 Å². The molecule has 1 aromatic rings. The maximum Gasteiger partial charge on any atom is 0.237 e. The highest BCUT2D eigenvalue weighted by Crippen LogP contribution is 2.54. The first-order valence-electron chi connectivity index (χ1n) is 10.0. The van der Waals surface area contributed by atoms with Gasteiger partial charge in [0.1, 0.15) is 0 Å². The highest BCUT2D eigenvalue weighted by molar-refractivity contribution is 5.80. The van der Waals surface area contributed by atoms with E-state index in [0.717, 1.165) is 0 Å². The average molecular weight is 367 g/mol. The maximum absolute atomic E-state index is 12.4. The van der Waals surface area contributed by atoms with Crippen molar-refractivity contribution in [3.8, 4) is 0 Å². The van der Waals surface area contributed by atoms with Crippen LogP contribution in [0.25, 0.3) is 0 Å². The summed E-state index contributed by atoms with van der Waals surface area (Å²) in [5.41, 5.74) is 7.97. The second-order valence-corrected chi connectivity index (χ2v) is 8.93. The zero-order valence-electron chi connectivity index (χ0n) is 18.1. The number of aryl methyl sites for hydroxylation is 3. The van der Waals surface area contributed by atoms with E-state index >= 15 is 0 Å². The summed E-state index contributed by atoms with van der Waals surface area (Å²) in [6, 6.07) is 4.56. The number of nitrogens with zero attached hydrogens (tertiary/aromatic N) is 1. The van der Waals surface area contributed by atoms with E-state index in [-0.39, 0.29) is 23.4 Å². The van der Waals surface area contributed by atoms with E-state index < -0.39 is 0 Å². The third kappa shape index (κ3) is 3.16. The molecule has 1 amide bonds. The molecular weight excluding hydrogens is 332 g/mol. The molecule has 1 aliphatic heterocycles. The monoisotopic (exact) mass is 366 g/mol. The number of carbonyl (C=O) groups is 1. The van der Waals surface area contributed by atoms with E-state index in [1.807, 2.05) is 11.9 Å². The van der Waals surface area contributed by atoms with Crippen LogP contribution in [0, 0.1) is 32.1 Å². The molecule has 3 heteroatoms. The molecule has 0 aromatic heterocycles. The Morgan fingerprint density at radius 1 is 1.15 bits per heavy atom. The topological polar surface area (TPSA) is 32.3 Å². The van der Waals surface area contributed by atoms with Gasteiger partial charge >= 0.3 is 0 Å². The van der Waals surface area contributed by atoms with Gasteiger partial charge in [-0.25, -0.2) is 0 Å². The van der Waals surface area contributed by atoms with E-state index in [1.165, 1.54) is 33.4 Å². The second kappa shape index (κ2) is 6.94. The van der Waals surface area contributed by atoms with Gasteiger partial charge in [-0.3, -0.25) is 10.1 Å². The lowest BCUT2D eigenvalue weighted by Gasteiger charge is -2.49. The summed E-state index contributed by atoms with van der Waals surface area (Å²) in [7, 11) is 1.94. The average Bonchev–Trinajstić information content (AvgIpc) is 2.87. The van der Waals surface area contributed by atoms with Gasteiger partial charge in [0, 0.05) is 18.4 Å². The third-order valence-corrected chi connectivity index (χ3v) is 7.04. The van der Waals surface area contributed by atoms with Gasteiger partial charge < -0.3 is 4.90 Å². The minimum atomic E-state index is -0.0686. The fourth-order valence-corrected chi connectivity index (χ4v) is 5.42. The van der Waals surface area contributed by atoms with Gasteiger partial charge in [-0.15, -0.1) is 0 Å². The van der Waals surface area contributed by atoms with Crippen molar-refractivity contribution in [2.45, 2.75) is 60.5 Å². The van der Waals surface area contributed by atoms with Gasteiger partial charge in [0.15, 0.2) is 0 Å². The first-order valence-corrected chi connectivity index (χ1v) is 10.0. The number of allylic oxidation sites excluding steroid dienone is 4. The first-order chi connectivity index (χ1) is 12.6. The molecule has 0 spiro atoms. The zero-order chi connectivity index (χ0) is 20.1. The molecule has 27 heavy (non-hydrogen) atoms. The van der Waals surface area contributed by atoms with Crippen LogP contribution in [0.5, 0.6) is 0 Å². The summed E-state index contributed by atoms with van der Waals surface area (Å²) in [4.78, 5) is 14.3. The fraction of sp³-hybridized carbons (Fsp3) is 0.542. The van der Waals surface area contributed by atoms with Gasteiger partial charge in [0.05, 0.1) is 12.7 Å². The van der Waals surface area contributed by atoms with Crippen LogP contribution in [-0.4, -0.2) is 30.6 Å². The van der Waals surface area contributed by atoms with Crippen molar-refractivity contribution in [3.05, 3.63) is 57.7 Å². The molecule has 3 nitrogen and oxygen atoms in total. The summed E-state index contributed by atoms with van der Waals surface area (Å²) in [6.45, 7) is 16.2. The Morgan fingerprint density at radius 2 is 1.74 bits per heavy atom. The van der Waals surface area contributed by atoms with Crippen molar-refractivity contribution < 1.29 is 4.79 Å². The van der Waals surface area contributed by atoms with Crippen LogP contribution in [0.15, 0.2) is 35.4 Å². The maximum atomic E-state index is 12.4. The number of likely N-dealkylation sites (N-methyl/N-ethyl adjacent to an activating group) is 1. The van der Waals surface area contributed by atoms with Gasteiger partial charge in [0.25, 0.3) is 0 Å². The van der Waals surface area contributed by atoms with Crippen molar-refractivity contribution in [2.24, 2.45) is 11.3 Å². The number of rotatable bonds is 3. The highest BCUT2D eigenvalue weighted by Gasteiger charge is 2.49. The molecule has 0 bridgehead atoms. The lowest BCUT2D eigenvalue weighted by atomic mass is 9.58. The van der Waals surface area contributed by atoms with Gasteiger partial charge in [-0.1, -0.05) is 54.8 Å². The first kappa shape index (κ1) is 19.9. The SMILES string of the molecule is CC1=CC(C)C(C)([C@H](c2c(C)cc(C)cc2C)C2NCC(=O)N2C)C(C)=C1. The molecule has 1 N–H and O–H groups in total. The van der Waals surface area contributed by atoms with E-state index in [9.17, 15) is 4.79 Å². The Hall–Kier alpha value is -1.87. The van der Waals surface area contributed by atoms with E-state index in [0.29, 0.717) is 12.5 Å². The number of nitrogens with one attached hydrogen (secondary N) is 1. The summed E-state index contributed by atoms with van der Waals surface area (Å²) in [5, 5.41) is 3.53. The Bertz CT molecular complexity index is 812. The van der Waals surface area contributed by atoms with Crippen LogP contribution in [0.1, 0.15) is 55.9 Å². The van der Waals surface area contributed by atoms with E-state index in [2.05, 4.69) is 78.1 Å². The molecule has 1 aliphatic carbocycles. The van der Waals surface area contributed by atoms with E-state index in [1.54, 1.807) is 0 Å². The molecule has 0 saturated carbocycles. The summed E-state index contributed by atoms with van der Waals surface area (Å²) in [5.74, 6) is 0.747. The van der Waals surface area contributed by atoms with E-state index in [4.69, 9.17) is 0 Å². The van der Waals surface area contributed by atoms with Crippen LogP contribution < -0.4 is 5.32 Å². The largest absolute Gasteiger partial charge is 0.328 e. The highest BCUT2D eigenvalue weighted by atomic mass is 16.2. The number of amides is 1. The molecule has 3 unspecified atom stereocenters. The molecular formula is C24H34N2O. The van der Waals surface area contributed by atoms with Crippen LogP contribution in [0.3, 0.4) is 0 Å².